The molecular weight excluding hydrogens is 378 g/mol. The number of rotatable bonds is 5. The molecule has 1 aliphatic rings. The summed E-state index contributed by atoms with van der Waals surface area (Å²) in [5.74, 6) is 0.746. The van der Waals surface area contributed by atoms with Gasteiger partial charge in [0.05, 0.1) is 26.0 Å². The van der Waals surface area contributed by atoms with Gasteiger partial charge in [-0.3, -0.25) is 14.3 Å². The standard InChI is InChI=1S/C19H21N5O5/c1-11-8-23(19(27)20-18(11)26)17-7-15(16(10-25)29-17)24-9-14(21-22-24)12-3-5-13(28-2)6-4-12/h3-6,8-9,15-17,25H,7,10H2,1-2H3,(H,20,26,27)/t15?,16-,17?/m1/s1. The van der Waals surface area contributed by atoms with E-state index in [2.05, 4.69) is 15.3 Å². The van der Waals surface area contributed by atoms with Crippen molar-refractivity contribution in [2.45, 2.75) is 31.7 Å². The Morgan fingerprint density at radius 2 is 2.03 bits per heavy atom. The average molecular weight is 399 g/mol. The Bertz CT molecular complexity index is 1120. The molecule has 2 N–H and O–H groups in total. The number of aromatic amines is 1. The number of hydrogen-bond acceptors (Lipinski definition) is 7. The number of ether oxygens (including phenoxy) is 2. The van der Waals surface area contributed by atoms with Crippen LogP contribution in [-0.2, 0) is 4.74 Å². The van der Waals surface area contributed by atoms with Gasteiger partial charge < -0.3 is 14.6 Å². The molecule has 1 fully saturated rings. The van der Waals surface area contributed by atoms with Gasteiger partial charge in [0.15, 0.2) is 0 Å². The van der Waals surface area contributed by atoms with Gasteiger partial charge in [0.1, 0.15) is 23.8 Å². The molecule has 0 amide bonds. The lowest BCUT2D eigenvalue weighted by molar-refractivity contribution is -0.0323. The highest BCUT2D eigenvalue weighted by atomic mass is 16.5. The van der Waals surface area contributed by atoms with Gasteiger partial charge in [-0.15, -0.1) is 5.10 Å². The minimum absolute atomic E-state index is 0.240. The molecule has 0 aliphatic carbocycles. The summed E-state index contributed by atoms with van der Waals surface area (Å²) in [4.78, 5) is 26.1. The maximum absolute atomic E-state index is 12.2. The highest BCUT2D eigenvalue weighted by molar-refractivity contribution is 5.58. The number of hydrogen-bond donors (Lipinski definition) is 2. The second kappa shape index (κ2) is 7.64. The lowest BCUT2D eigenvalue weighted by Gasteiger charge is -2.15. The first-order valence-corrected chi connectivity index (χ1v) is 9.15. The number of nitrogens with zero attached hydrogens (tertiary/aromatic N) is 4. The molecule has 10 nitrogen and oxygen atoms in total. The van der Waals surface area contributed by atoms with Crippen molar-refractivity contribution in [3.05, 3.63) is 63.1 Å². The molecule has 1 saturated heterocycles. The molecule has 4 rings (SSSR count). The summed E-state index contributed by atoms with van der Waals surface area (Å²) in [5.41, 5.74) is 0.963. The zero-order valence-corrected chi connectivity index (χ0v) is 16.0. The number of methoxy groups -OCH3 is 1. The van der Waals surface area contributed by atoms with E-state index >= 15 is 0 Å². The largest absolute Gasteiger partial charge is 0.497 e. The van der Waals surface area contributed by atoms with E-state index in [4.69, 9.17) is 9.47 Å². The summed E-state index contributed by atoms with van der Waals surface area (Å²) < 4.78 is 14.0. The fourth-order valence-corrected chi connectivity index (χ4v) is 3.46. The molecule has 3 heterocycles. The fourth-order valence-electron chi connectivity index (χ4n) is 3.46. The van der Waals surface area contributed by atoms with Gasteiger partial charge in [-0.1, -0.05) is 5.21 Å². The molecule has 3 aromatic rings. The van der Waals surface area contributed by atoms with Crippen molar-refractivity contribution < 1.29 is 14.6 Å². The van der Waals surface area contributed by atoms with Crippen LogP contribution in [0.2, 0.25) is 0 Å². The summed E-state index contributed by atoms with van der Waals surface area (Å²) in [5, 5.41) is 18.2. The number of benzene rings is 1. The third-order valence-corrected chi connectivity index (χ3v) is 5.08. The summed E-state index contributed by atoms with van der Waals surface area (Å²) in [7, 11) is 1.60. The van der Waals surface area contributed by atoms with Gasteiger partial charge in [0.25, 0.3) is 5.56 Å². The SMILES string of the molecule is COc1ccc(-c2cn(C3CC(n4cc(C)c(=O)[nH]c4=O)O[C@@H]3CO)nn2)cc1. The van der Waals surface area contributed by atoms with Crippen molar-refractivity contribution in [2.24, 2.45) is 0 Å². The highest BCUT2D eigenvalue weighted by Gasteiger charge is 2.38. The quantitative estimate of drug-likeness (QED) is 0.645. The number of aliphatic hydroxyl groups excluding tert-OH is 1. The lowest BCUT2D eigenvalue weighted by atomic mass is 10.1. The zero-order valence-electron chi connectivity index (χ0n) is 16.0. The van der Waals surface area contributed by atoms with E-state index in [9.17, 15) is 14.7 Å². The molecule has 0 radical (unpaired) electrons. The number of nitrogens with one attached hydrogen (secondary N) is 1. The van der Waals surface area contributed by atoms with Crippen molar-refractivity contribution >= 4 is 0 Å². The molecular formula is C19H21N5O5. The monoisotopic (exact) mass is 399 g/mol. The van der Waals surface area contributed by atoms with Gasteiger partial charge in [0.2, 0.25) is 0 Å². The van der Waals surface area contributed by atoms with Crippen LogP contribution in [0, 0.1) is 6.92 Å². The predicted molar refractivity (Wildman–Crippen MR) is 103 cm³/mol. The lowest BCUT2D eigenvalue weighted by Crippen LogP contribution is -2.33. The van der Waals surface area contributed by atoms with Crippen LogP contribution >= 0.6 is 0 Å². The van der Waals surface area contributed by atoms with Gasteiger partial charge in [0, 0.05) is 23.7 Å². The van der Waals surface area contributed by atoms with Crippen molar-refractivity contribution in [2.75, 3.05) is 13.7 Å². The normalized spacial score (nSPS) is 21.4. The van der Waals surface area contributed by atoms with Crippen LogP contribution in [0.3, 0.4) is 0 Å². The van der Waals surface area contributed by atoms with Crippen molar-refractivity contribution in [3.8, 4) is 17.0 Å². The van der Waals surface area contributed by atoms with E-state index in [1.54, 1.807) is 24.9 Å². The Labute approximate surface area is 165 Å². The van der Waals surface area contributed by atoms with Gasteiger partial charge >= 0.3 is 5.69 Å². The second-order valence-corrected chi connectivity index (χ2v) is 6.91. The zero-order chi connectivity index (χ0) is 20.5. The summed E-state index contributed by atoms with van der Waals surface area (Å²) in [6, 6.07) is 7.12. The van der Waals surface area contributed by atoms with Gasteiger partial charge in [-0.25, -0.2) is 9.48 Å². The molecule has 0 bridgehead atoms. The van der Waals surface area contributed by atoms with E-state index in [1.807, 2.05) is 24.3 Å². The predicted octanol–water partition coefficient (Wildman–Crippen LogP) is 0.633. The third kappa shape index (κ3) is 3.59. The highest BCUT2D eigenvalue weighted by Crippen LogP contribution is 2.36. The Balaban J connectivity index is 1.60. The second-order valence-electron chi connectivity index (χ2n) is 6.91. The van der Waals surface area contributed by atoms with Crippen LogP contribution < -0.4 is 16.0 Å². The maximum Gasteiger partial charge on any atom is 0.330 e. The third-order valence-electron chi connectivity index (χ3n) is 5.08. The van der Waals surface area contributed by atoms with E-state index in [1.165, 1.54) is 10.8 Å². The summed E-state index contributed by atoms with van der Waals surface area (Å²) in [6.45, 7) is 1.37. The molecule has 29 heavy (non-hydrogen) atoms. The van der Waals surface area contributed by atoms with Crippen LogP contribution in [0.4, 0.5) is 0 Å². The Kier molecular flexibility index (Phi) is 5.03. The number of aliphatic hydroxyl groups is 1. The molecule has 1 aliphatic heterocycles. The number of aromatic nitrogens is 5. The average Bonchev–Trinajstić information content (AvgIpc) is 3.37. The number of aryl methyl sites for hydroxylation is 1. The summed E-state index contributed by atoms with van der Waals surface area (Å²) in [6.07, 6.45) is 2.44. The minimum Gasteiger partial charge on any atom is -0.497 e. The topological polar surface area (TPSA) is 124 Å². The van der Waals surface area contributed by atoms with Crippen LogP contribution in [0.25, 0.3) is 11.3 Å². The summed E-state index contributed by atoms with van der Waals surface area (Å²) >= 11 is 0. The first-order valence-electron chi connectivity index (χ1n) is 9.15. The van der Waals surface area contributed by atoms with Crippen LogP contribution in [0.5, 0.6) is 5.75 Å². The molecule has 0 saturated carbocycles. The van der Waals surface area contributed by atoms with Crippen molar-refractivity contribution in [3.63, 3.8) is 0 Å². The fraction of sp³-hybridized carbons (Fsp3) is 0.368. The Hall–Kier alpha value is -3.24. The molecule has 3 atom stereocenters. The molecule has 152 valence electrons. The molecule has 10 heteroatoms. The van der Waals surface area contributed by atoms with Gasteiger partial charge in [-0.2, -0.15) is 0 Å². The number of H-pyrrole nitrogens is 1. The Morgan fingerprint density at radius 3 is 2.72 bits per heavy atom. The molecule has 2 aromatic heterocycles. The van der Waals surface area contributed by atoms with E-state index in [0.717, 1.165) is 11.3 Å². The van der Waals surface area contributed by atoms with E-state index in [0.29, 0.717) is 17.7 Å². The minimum atomic E-state index is -0.631. The molecule has 0 spiro atoms. The molecule has 1 aromatic carbocycles. The smallest absolute Gasteiger partial charge is 0.330 e. The van der Waals surface area contributed by atoms with E-state index < -0.39 is 23.6 Å². The van der Waals surface area contributed by atoms with E-state index in [-0.39, 0.29) is 12.6 Å². The molecule has 2 unspecified atom stereocenters. The van der Waals surface area contributed by atoms with Crippen LogP contribution in [-0.4, -0.2) is 49.5 Å². The first-order chi connectivity index (χ1) is 14.0. The van der Waals surface area contributed by atoms with Gasteiger partial charge in [-0.05, 0) is 31.2 Å². The van der Waals surface area contributed by atoms with Crippen LogP contribution in [0.15, 0.2) is 46.2 Å². The Morgan fingerprint density at radius 1 is 1.28 bits per heavy atom. The first kappa shape index (κ1) is 19.1. The van der Waals surface area contributed by atoms with Crippen molar-refractivity contribution in [1.82, 2.24) is 24.5 Å². The van der Waals surface area contributed by atoms with Crippen LogP contribution in [0.1, 0.15) is 24.3 Å². The maximum atomic E-state index is 12.2. The van der Waals surface area contributed by atoms with Crippen molar-refractivity contribution in [1.29, 1.82) is 0 Å².